The molecule has 0 aliphatic carbocycles. The molecule has 11 nitrogen and oxygen atoms in total. The zero-order valence-corrected chi connectivity index (χ0v) is 10.4. The van der Waals surface area contributed by atoms with Crippen LogP contribution in [0.25, 0.3) is 0 Å². The Balaban J connectivity index is 2.59. The van der Waals surface area contributed by atoms with Gasteiger partial charge in [0.2, 0.25) is 0 Å². The molecular weight excluding hydrogens is 298 g/mol. The fourth-order valence-electron chi connectivity index (χ4n) is 1.25. The van der Waals surface area contributed by atoms with Crippen LogP contribution in [-0.4, -0.2) is 61.0 Å². The van der Waals surface area contributed by atoms with E-state index in [-0.39, 0.29) is 0 Å². The smallest absolute Gasteiger partial charge is 0.387 e. The lowest BCUT2D eigenvalue weighted by molar-refractivity contribution is -0.125. The minimum Gasteiger partial charge on any atom is -0.387 e. The molecule has 0 aromatic heterocycles. The molecule has 1 aliphatic rings. The zero-order valence-electron chi connectivity index (χ0n) is 8.64. The Hall–Kier alpha value is 0.1000. The van der Waals surface area contributed by atoms with Crippen molar-refractivity contribution in [2.75, 3.05) is 6.61 Å². The van der Waals surface area contributed by atoms with Crippen molar-refractivity contribution in [3.63, 3.8) is 0 Å². The van der Waals surface area contributed by atoms with Crippen molar-refractivity contribution in [1.29, 1.82) is 0 Å². The predicted octanol–water partition coefficient (Wildman–Crippen LogP) is -2.35. The van der Waals surface area contributed by atoms with E-state index in [0.29, 0.717) is 0 Å². The molecule has 6 N–H and O–H groups in total. The molecule has 1 saturated heterocycles. The number of hydrogen-bond acceptors (Lipinski definition) is 7. The molecule has 0 saturated carbocycles. The summed E-state index contributed by atoms with van der Waals surface area (Å²) in [5.74, 6) is 0. The van der Waals surface area contributed by atoms with Crippen molar-refractivity contribution in [2.45, 2.75) is 24.6 Å². The van der Waals surface area contributed by atoms with E-state index in [9.17, 15) is 19.3 Å². The number of hydrogen-bond donors (Lipinski definition) is 6. The first-order valence-electron chi connectivity index (χ1n) is 4.45. The Bertz CT molecular complexity index is 372. The lowest BCUT2D eigenvalue weighted by Gasteiger charge is -2.15. The van der Waals surface area contributed by atoms with Gasteiger partial charge in [-0.25, -0.2) is 9.13 Å². The molecule has 0 aromatic rings. The van der Waals surface area contributed by atoms with E-state index in [1.54, 1.807) is 0 Å². The van der Waals surface area contributed by atoms with Gasteiger partial charge in [-0.2, -0.15) is 0 Å². The molecule has 0 spiro atoms. The molecule has 18 heavy (non-hydrogen) atoms. The van der Waals surface area contributed by atoms with Crippen LogP contribution in [0.3, 0.4) is 0 Å². The predicted molar refractivity (Wildman–Crippen MR) is 51.8 cm³/mol. The topological polar surface area (TPSA) is 183 Å². The fraction of sp³-hybridized carbons (Fsp3) is 1.00. The lowest BCUT2D eigenvalue weighted by Crippen LogP contribution is -2.34. The van der Waals surface area contributed by atoms with Gasteiger partial charge in [0.25, 0.3) is 0 Å². The average Bonchev–Trinajstić information content (AvgIpc) is 2.40. The summed E-state index contributed by atoms with van der Waals surface area (Å²) in [6, 6.07) is 0. The largest absolute Gasteiger partial charge is 0.472 e. The highest BCUT2D eigenvalue weighted by molar-refractivity contribution is 7.46. The first-order valence-corrected chi connectivity index (χ1v) is 7.51. The van der Waals surface area contributed by atoms with Crippen LogP contribution in [0.1, 0.15) is 0 Å². The molecule has 0 amide bonds. The van der Waals surface area contributed by atoms with Crippen LogP contribution in [0.4, 0.5) is 0 Å². The van der Waals surface area contributed by atoms with Crippen LogP contribution in [0.5, 0.6) is 0 Å². The van der Waals surface area contributed by atoms with E-state index >= 15 is 0 Å². The Labute approximate surface area is 100 Å². The second kappa shape index (κ2) is 5.61. The summed E-state index contributed by atoms with van der Waals surface area (Å²) in [6.07, 6.45) is -6.69. The highest BCUT2D eigenvalue weighted by atomic mass is 31.2. The summed E-state index contributed by atoms with van der Waals surface area (Å²) in [5.41, 5.74) is 0. The second-order valence-electron chi connectivity index (χ2n) is 3.41. The van der Waals surface area contributed by atoms with Crippen molar-refractivity contribution < 1.29 is 52.7 Å². The summed E-state index contributed by atoms with van der Waals surface area (Å²) >= 11 is 0. The summed E-state index contributed by atoms with van der Waals surface area (Å²) in [7, 11) is -9.74. The molecule has 13 heteroatoms. The summed E-state index contributed by atoms with van der Waals surface area (Å²) < 4.78 is 33.6. The van der Waals surface area contributed by atoms with Crippen molar-refractivity contribution >= 4 is 15.6 Å². The van der Waals surface area contributed by atoms with Crippen molar-refractivity contribution in [1.82, 2.24) is 0 Å². The number of aliphatic hydroxyl groups is 2. The fourth-order valence-corrected chi connectivity index (χ4v) is 2.03. The molecule has 1 heterocycles. The first kappa shape index (κ1) is 16.2. The minimum absolute atomic E-state index is 0.788. The van der Waals surface area contributed by atoms with Gasteiger partial charge in [0.1, 0.15) is 18.3 Å². The monoisotopic (exact) mass is 310 g/mol. The zero-order chi connectivity index (χ0) is 14.1. The maximum atomic E-state index is 10.5. The van der Waals surface area contributed by atoms with Gasteiger partial charge >= 0.3 is 15.6 Å². The van der Waals surface area contributed by atoms with Crippen LogP contribution in [-0.2, 0) is 22.9 Å². The maximum absolute atomic E-state index is 10.5. The van der Waals surface area contributed by atoms with Crippen molar-refractivity contribution in [2.24, 2.45) is 0 Å². The molecule has 1 aliphatic heterocycles. The minimum atomic E-state index is -4.95. The molecular formula is C5H12O11P2. The summed E-state index contributed by atoms with van der Waals surface area (Å²) in [4.78, 5) is 33.8. The van der Waals surface area contributed by atoms with Crippen LogP contribution in [0.15, 0.2) is 0 Å². The number of phosphoric acid groups is 2. The number of rotatable bonds is 5. The van der Waals surface area contributed by atoms with E-state index < -0.39 is 46.9 Å². The third-order valence-electron chi connectivity index (χ3n) is 1.97. The quantitative estimate of drug-likeness (QED) is 0.299. The number of aliphatic hydroxyl groups excluding tert-OH is 2. The maximum Gasteiger partial charge on any atom is 0.472 e. The van der Waals surface area contributed by atoms with Crippen LogP contribution in [0, 0.1) is 0 Å². The molecule has 108 valence electrons. The third-order valence-corrected chi connectivity index (χ3v) is 2.93. The number of phosphoric ester groups is 2. The van der Waals surface area contributed by atoms with Gasteiger partial charge in [-0.15, -0.1) is 0 Å². The normalized spacial score (nSPS) is 33.9. The Kier molecular flexibility index (Phi) is 5.04. The van der Waals surface area contributed by atoms with Crippen molar-refractivity contribution in [3.05, 3.63) is 0 Å². The van der Waals surface area contributed by atoms with Gasteiger partial charge in [-0.3, -0.25) is 9.05 Å². The molecule has 1 unspecified atom stereocenters. The van der Waals surface area contributed by atoms with Gasteiger partial charge in [0.05, 0.1) is 6.61 Å². The molecule has 1 fully saturated rings. The van der Waals surface area contributed by atoms with Gasteiger partial charge in [0.15, 0.2) is 6.29 Å². The molecule has 0 aromatic carbocycles. The van der Waals surface area contributed by atoms with E-state index in [1.165, 1.54) is 0 Å². The van der Waals surface area contributed by atoms with Gasteiger partial charge in [-0.05, 0) is 0 Å². The number of ether oxygens (including phenoxy) is 1. The second-order valence-corrected chi connectivity index (χ2v) is 5.84. The van der Waals surface area contributed by atoms with E-state index in [0.717, 1.165) is 0 Å². The lowest BCUT2D eigenvalue weighted by atomic mass is 10.1. The Morgan fingerprint density at radius 3 is 2.00 bits per heavy atom. The molecule has 4 atom stereocenters. The Morgan fingerprint density at radius 1 is 1.00 bits per heavy atom. The van der Waals surface area contributed by atoms with Gasteiger partial charge in [-0.1, -0.05) is 0 Å². The highest BCUT2D eigenvalue weighted by Crippen LogP contribution is 2.42. The van der Waals surface area contributed by atoms with Gasteiger partial charge < -0.3 is 34.5 Å². The van der Waals surface area contributed by atoms with E-state index in [1.807, 2.05) is 0 Å². The summed E-state index contributed by atoms with van der Waals surface area (Å²) in [6.45, 7) is -0.788. The molecule has 0 bridgehead atoms. The van der Waals surface area contributed by atoms with Crippen molar-refractivity contribution in [3.8, 4) is 0 Å². The SMILES string of the molecule is O=P(O)(O)OC[C@H]1OC(OP(=O)(O)O)[C@H](O)[C@@H]1O. The standard InChI is InChI=1S/C5H12O11P2/c6-3-2(1-14-17(8,9)10)15-5(4(3)7)16-18(11,12)13/h2-7H,1H2,(H2,8,9,10)(H2,11,12,13)/t2-,3-,4-,5?/m1/s1. The highest BCUT2D eigenvalue weighted by Gasteiger charge is 2.46. The van der Waals surface area contributed by atoms with Crippen LogP contribution >= 0.6 is 15.6 Å². The van der Waals surface area contributed by atoms with Crippen LogP contribution < -0.4 is 0 Å². The molecule has 0 radical (unpaired) electrons. The average molecular weight is 310 g/mol. The Morgan fingerprint density at radius 2 is 1.56 bits per heavy atom. The van der Waals surface area contributed by atoms with E-state index in [4.69, 9.17) is 19.6 Å². The van der Waals surface area contributed by atoms with Gasteiger partial charge in [0, 0.05) is 0 Å². The third kappa shape index (κ3) is 5.00. The first-order chi connectivity index (χ1) is 7.99. The van der Waals surface area contributed by atoms with E-state index in [2.05, 4.69) is 13.8 Å². The van der Waals surface area contributed by atoms with Crippen LogP contribution in [0.2, 0.25) is 0 Å². The summed E-state index contributed by atoms with van der Waals surface area (Å²) in [5, 5.41) is 18.7. The molecule has 1 rings (SSSR count).